The second-order valence-electron chi connectivity index (χ2n) is 3.26. The van der Waals surface area contributed by atoms with Crippen LogP contribution in [0.2, 0.25) is 0 Å². The maximum absolute atomic E-state index is 8.75. The number of fused-ring (bicyclic) bond motifs is 2. The third kappa shape index (κ3) is 0.700. The van der Waals surface area contributed by atoms with Gasteiger partial charge in [0.05, 0.1) is 24.0 Å². The fraction of sp³-hybridized carbons (Fsp3) is 0.556. The Morgan fingerprint density at radius 1 is 1.00 bits per heavy atom. The molecule has 2 heteroatoms. The molecule has 2 rings (SSSR count). The maximum atomic E-state index is 8.75. The largest absolute Gasteiger partial charge is 0.198 e. The van der Waals surface area contributed by atoms with Gasteiger partial charge < -0.3 is 0 Å². The van der Waals surface area contributed by atoms with Gasteiger partial charge in [-0.1, -0.05) is 12.2 Å². The van der Waals surface area contributed by atoms with Gasteiger partial charge in [0.2, 0.25) is 0 Å². The van der Waals surface area contributed by atoms with Gasteiger partial charge in [0.1, 0.15) is 0 Å². The van der Waals surface area contributed by atoms with E-state index < -0.39 is 0 Å². The molecule has 1 saturated carbocycles. The molecule has 11 heavy (non-hydrogen) atoms. The number of hydrogen-bond acceptors (Lipinski definition) is 2. The molecule has 0 spiro atoms. The van der Waals surface area contributed by atoms with Crippen LogP contribution in [0, 0.1) is 46.3 Å². The van der Waals surface area contributed by atoms with Gasteiger partial charge in [0.25, 0.3) is 0 Å². The molecule has 2 aliphatic rings. The summed E-state index contributed by atoms with van der Waals surface area (Å²) in [6, 6.07) is 4.45. The van der Waals surface area contributed by atoms with Gasteiger partial charge in [-0.25, -0.2) is 0 Å². The molecule has 0 saturated heterocycles. The quantitative estimate of drug-likeness (QED) is 0.483. The van der Waals surface area contributed by atoms with Crippen molar-refractivity contribution in [2.45, 2.75) is 6.42 Å². The minimum absolute atomic E-state index is 0.0324. The van der Waals surface area contributed by atoms with Gasteiger partial charge in [-0.05, 0) is 18.3 Å². The molecule has 0 aromatic heterocycles. The Morgan fingerprint density at radius 3 is 1.82 bits per heavy atom. The van der Waals surface area contributed by atoms with Crippen LogP contribution in [0.15, 0.2) is 12.2 Å². The average molecular weight is 144 g/mol. The first-order chi connectivity index (χ1) is 5.36. The molecule has 4 atom stereocenters. The SMILES string of the molecule is N#C[C@@H]1[C@H](C#N)[C@@H]2C=C[C@H]1C2. The van der Waals surface area contributed by atoms with E-state index in [0.29, 0.717) is 11.8 Å². The maximum Gasteiger partial charge on any atom is 0.0690 e. The van der Waals surface area contributed by atoms with Crippen molar-refractivity contribution >= 4 is 0 Å². The summed E-state index contributed by atoms with van der Waals surface area (Å²) < 4.78 is 0. The topological polar surface area (TPSA) is 47.6 Å². The summed E-state index contributed by atoms with van der Waals surface area (Å²) in [6.07, 6.45) is 5.20. The lowest BCUT2D eigenvalue weighted by Crippen LogP contribution is -2.15. The van der Waals surface area contributed by atoms with E-state index in [2.05, 4.69) is 24.3 Å². The van der Waals surface area contributed by atoms with Gasteiger partial charge in [-0.2, -0.15) is 10.5 Å². The van der Waals surface area contributed by atoms with Crippen molar-refractivity contribution in [1.29, 1.82) is 10.5 Å². The highest BCUT2D eigenvalue weighted by Gasteiger charge is 2.44. The zero-order chi connectivity index (χ0) is 7.84. The third-order valence-electron chi connectivity index (χ3n) is 2.76. The van der Waals surface area contributed by atoms with E-state index in [1.165, 1.54) is 0 Å². The van der Waals surface area contributed by atoms with Crippen LogP contribution in [0.3, 0.4) is 0 Å². The summed E-state index contributed by atoms with van der Waals surface area (Å²) in [4.78, 5) is 0. The molecule has 2 bridgehead atoms. The Labute approximate surface area is 65.7 Å². The summed E-state index contributed by atoms with van der Waals surface area (Å²) in [5.74, 6) is 0.675. The fourth-order valence-electron chi connectivity index (χ4n) is 2.17. The van der Waals surface area contributed by atoms with E-state index in [1.54, 1.807) is 0 Å². The molecular weight excluding hydrogens is 136 g/mol. The van der Waals surface area contributed by atoms with Gasteiger partial charge in [0, 0.05) is 0 Å². The molecule has 54 valence electrons. The minimum Gasteiger partial charge on any atom is -0.198 e. The van der Waals surface area contributed by atoms with Crippen molar-refractivity contribution in [3.05, 3.63) is 12.2 Å². The monoisotopic (exact) mass is 144 g/mol. The highest BCUT2D eigenvalue weighted by molar-refractivity contribution is 5.22. The molecule has 0 radical (unpaired) electrons. The van der Waals surface area contributed by atoms with E-state index in [4.69, 9.17) is 10.5 Å². The average Bonchev–Trinajstić information content (AvgIpc) is 2.60. The molecule has 2 nitrogen and oxygen atoms in total. The van der Waals surface area contributed by atoms with Crippen molar-refractivity contribution in [2.75, 3.05) is 0 Å². The smallest absolute Gasteiger partial charge is 0.0690 e. The summed E-state index contributed by atoms with van der Waals surface area (Å²) in [7, 11) is 0. The van der Waals surface area contributed by atoms with Crippen LogP contribution < -0.4 is 0 Å². The van der Waals surface area contributed by atoms with E-state index >= 15 is 0 Å². The Bertz CT molecular complexity index is 251. The van der Waals surface area contributed by atoms with E-state index in [9.17, 15) is 0 Å². The van der Waals surface area contributed by atoms with E-state index in [1.807, 2.05) is 0 Å². The van der Waals surface area contributed by atoms with Crippen LogP contribution in [-0.4, -0.2) is 0 Å². The molecular formula is C9H8N2. The first-order valence-corrected chi connectivity index (χ1v) is 3.84. The van der Waals surface area contributed by atoms with Crippen LogP contribution in [0.1, 0.15) is 6.42 Å². The van der Waals surface area contributed by atoms with Crippen molar-refractivity contribution in [3.8, 4) is 12.1 Å². The summed E-state index contributed by atoms with van der Waals surface area (Å²) >= 11 is 0. The summed E-state index contributed by atoms with van der Waals surface area (Å²) in [5.41, 5.74) is 0. The van der Waals surface area contributed by atoms with Crippen LogP contribution in [0.4, 0.5) is 0 Å². The highest BCUT2D eigenvalue weighted by Crippen LogP contribution is 2.47. The molecule has 0 N–H and O–H groups in total. The molecule has 0 aromatic rings. The van der Waals surface area contributed by atoms with Gasteiger partial charge in [0.15, 0.2) is 0 Å². The third-order valence-corrected chi connectivity index (χ3v) is 2.76. The fourth-order valence-corrected chi connectivity index (χ4v) is 2.17. The van der Waals surface area contributed by atoms with Crippen molar-refractivity contribution in [1.82, 2.24) is 0 Å². The lowest BCUT2D eigenvalue weighted by Gasteiger charge is -2.14. The molecule has 0 heterocycles. The Balaban J connectivity index is 2.32. The second kappa shape index (κ2) is 2.10. The van der Waals surface area contributed by atoms with Gasteiger partial charge in [-0.15, -0.1) is 0 Å². The Kier molecular flexibility index (Phi) is 1.23. The highest BCUT2D eigenvalue weighted by atomic mass is 14.5. The Hall–Kier alpha value is -1.28. The van der Waals surface area contributed by atoms with E-state index in [-0.39, 0.29) is 11.8 Å². The van der Waals surface area contributed by atoms with Crippen LogP contribution in [0.25, 0.3) is 0 Å². The minimum atomic E-state index is -0.0324. The lowest BCUT2D eigenvalue weighted by molar-refractivity contribution is 0.468. The predicted octanol–water partition coefficient (Wildman–Crippen LogP) is 1.47. The molecule has 0 amide bonds. The second-order valence-corrected chi connectivity index (χ2v) is 3.26. The van der Waals surface area contributed by atoms with Gasteiger partial charge >= 0.3 is 0 Å². The van der Waals surface area contributed by atoms with Crippen LogP contribution >= 0.6 is 0 Å². The standard InChI is InChI=1S/C9H8N2/c10-4-8-6-1-2-7(3-6)9(8)5-11/h1-2,6-9H,3H2/t6-,7+,8-,9+. The lowest BCUT2D eigenvalue weighted by atomic mass is 9.85. The summed E-state index contributed by atoms with van der Waals surface area (Å²) in [5, 5.41) is 17.5. The normalized spacial score (nSPS) is 45.3. The first-order valence-electron chi connectivity index (χ1n) is 3.84. The molecule has 0 unspecified atom stereocenters. The van der Waals surface area contributed by atoms with Crippen molar-refractivity contribution in [3.63, 3.8) is 0 Å². The first kappa shape index (κ1) is 6.43. The zero-order valence-electron chi connectivity index (χ0n) is 6.07. The number of rotatable bonds is 0. The van der Waals surface area contributed by atoms with Crippen molar-refractivity contribution in [2.24, 2.45) is 23.7 Å². The molecule has 1 fully saturated rings. The van der Waals surface area contributed by atoms with Gasteiger partial charge in [-0.3, -0.25) is 0 Å². The predicted molar refractivity (Wildman–Crippen MR) is 38.9 cm³/mol. The molecule has 2 aliphatic carbocycles. The van der Waals surface area contributed by atoms with E-state index in [0.717, 1.165) is 6.42 Å². The number of allylic oxidation sites excluding steroid dienone is 2. The van der Waals surface area contributed by atoms with Crippen LogP contribution in [-0.2, 0) is 0 Å². The zero-order valence-corrected chi connectivity index (χ0v) is 6.07. The van der Waals surface area contributed by atoms with Crippen LogP contribution in [0.5, 0.6) is 0 Å². The van der Waals surface area contributed by atoms with Crippen molar-refractivity contribution < 1.29 is 0 Å². The number of nitrogens with zero attached hydrogens (tertiary/aromatic N) is 2. The number of hydrogen-bond donors (Lipinski definition) is 0. The molecule has 0 aliphatic heterocycles. The number of nitriles is 2. The molecule has 0 aromatic carbocycles. The summed E-state index contributed by atoms with van der Waals surface area (Å²) in [6.45, 7) is 0. The Morgan fingerprint density at radius 2 is 1.45 bits per heavy atom.